The first-order valence-corrected chi connectivity index (χ1v) is 8.17. The van der Waals surface area contributed by atoms with Gasteiger partial charge in [-0.25, -0.2) is 0 Å². The Hall–Kier alpha value is -1.15. The summed E-state index contributed by atoms with van der Waals surface area (Å²) in [5, 5.41) is 4.50. The zero-order chi connectivity index (χ0) is 14.1. The number of aromatic nitrogens is 1. The number of thiophene rings is 1. The van der Waals surface area contributed by atoms with Crippen molar-refractivity contribution in [2.24, 2.45) is 0 Å². The van der Waals surface area contributed by atoms with Crippen molar-refractivity contribution in [2.45, 2.75) is 53.4 Å². The number of pyridine rings is 1. The van der Waals surface area contributed by atoms with Gasteiger partial charge in [-0.15, -0.1) is 0 Å². The van der Waals surface area contributed by atoms with Gasteiger partial charge in [0.2, 0.25) is 0 Å². The molecule has 2 aromatic heterocycles. The van der Waals surface area contributed by atoms with Crippen molar-refractivity contribution in [2.75, 3.05) is 0 Å². The molecule has 0 aliphatic rings. The third-order valence-corrected chi connectivity index (χ3v) is 4.14. The first-order valence-electron chi connectivity index (χ1n) is 7.23. The zero-order valence-corrected chi connectivity index (χ0v) is 13.4. The van der Waals surface area contributed by atoms with Crippen LogP contribution in [0.3, 0.4) is 0 Å². The predicted molar refractivity (Wildman–Crippen MR) is 86.1 cm³/mol. The summed E-state index contributed by atoms with van der Waals surface area (Å²) in [7, 11) is 0. The lowest BCUT2D eigenvalue weighted by Gasteiger charge is -2.01. The molecule has 0 amide bonds. The van der Waals surface area contributed by atoms with Crippen LogP contribution in [0.4, 0.5) is 0 Å². The number of rotatable bonds is 4. The van der Waals surface area contributed by atoms with Crippen LogP contribution in [0, 0.1) is 0 Å². The molecule has 0 atom stereocenters. The van der Waals surface area contributed by atoms with E-state index in [4.69, 9.17) is 0 Å². The maximum atomic E-state index is 4.27. The molecule has 0 fully saturated rings. The predicted octanol–water partition coefficient (Wildman–Crippen LogP) is 5.08. The molecule has 0 unspecified atom stereocenters. The van der Waals surface area contributed by atoms with E-state index in [1.54, 1.807) is 0 Å². The highest BCUT2D eigenvalue weighted by atomic mass is 32.1. The number of hydrogen-bond donors (Lipinski definition) is 0. The molecule has 0 aliphatic carbocycles. The maximum absolute atomic E-state index is 4.27. The average Bonchev–Trinajstić information content (AvgIpc) is 2.95. The lowest BCUT2D eigenvalue weighted by atomic mass is 10.1. The van der Waals surface area contributed by atoms with E-state index in [-0.39, 0.29) is 0 Å². The quantitative estimate of drug-likeness (QED) is 0.758. The second kappa shape index (κ2) is 8.87. The van der Waals surface area contributed by atoms with Crippen LogP contribution >= 0.6 is 11.3 Å². The van der Waals surface area contributed by atoms with Gasteiger partial charge in [0, 0.05) is 11.9 Å². The summed E-state index contributed by atoms with van der Waals surface area (Å²) < 4.78 is 0. The van der Waals surface area contributed by atoms with Gasteiger partial charge in [0.25, 0.3) is 0 Å². The summed E-state index contributed by atoms with van der Waals surface area (Å²) in [5.74, 6) is 0. The zero-order valence-electron chi connectivity index (χ0n) is 12.6. The molecule has 0 aromatic carbocycles. The Balaban J connectivity index is 0.000000191. The summed E-state index contributed by atoms with van der Waals surface area (Å²) in [6.45, 7) is 8.72. The Bertz CT molecular complexity index is 432. The third kappa shape index (κ3) is 4.79. The van der Waals surface area contributed by atoms with Crippen molar-refractivity contribution in [3.8, 4) is 0 Å². The summed E-state index contributed by atoms with van der Waals surface area (Å²) in [6.07, 6.45) is 6.37. The van der Waals surface area contributed by atoms with Gasteiger partial charge in [-0.05, 0) is 59.2 Å². The highest BCUT2D eigenvalue weighted by Crippen LogP contribution is 2.15. The van der Waals surface area contributed by atoms with E-state index in [0.29, 0.717) is 0 Å². The second-order valence-corrected chi connectivity index (χ2v) is 5.19. The molecule has 2 heterocycles. The van der Waals surface area contributed by atoms with Crippen LogP contribution in [0.2, 0.25) is 0 Å². The minimum atomic E-state index is 1.05. The van der Waals surface area contributed by atoms with Crippen molar-refractivity contribution in [1.82, 2.24) is 4.98 Å². The van der Waals surface area contributed by atoms with E-state index in [9.17, 15) is 0 Å². The smallest absolute Gasteiger partial charge is 0.0432 e. The minimum Gasteiger partial charge on any atom is -0.261 e. The number of hydrogen-bond acceptors (Lipinski definition) is 2. The SMILES string of the molecule is CCc1cccnc1CC.CCc1cscc1CC. The van der Waals surface area contributed by atoms with E-state index >= 15 is 0 Å². The molecule has 2 aromatic rings. The van der Waals surface area contributed by atoms with Gasteiger partial charge in [-0.1, -0.05) is 33.8 Å². The van der Waals surface area contributed by atoms with Gasteiger partial charge in [0.05, 0.1) is 0 Å². The van der Waals surface area contributed by atoms with Crippen LogP contribution < -0.4 is 0 Å². The molecule has 0 spiro atoms. The molecule has 0 N–H and O–H groups in total. The van der Waals surface area contributed by atoms with Crippen LogP contribution in [-0.4, -0.2) is 4.98 Å². The van der Waals surface area contributed by atoms with Crippen LogP contribution in [0.15, 0.2) is 29.1 Å². The van der Waals surface area contributed by atoms with E-state index < -0.39 is 0 Å². The van der Waals surface area contributed by atoms with Gasteiger partial charge in [-0.2, -0.15) is 11.3 Å². The molecular weight excluding hydrogens is 250 g/mol. The Morgan fingerprint density at radius 2 is 1.42 bits per heavy atom. The normalized spacial score (nSPS) is 9.89. The van der Waals surface area contributed by atoms with Crippen LogP contribution in [0.25, 0.3) is 0 Å². The lowest BCUT2D eigenvalue weighted by Crippen LogP contribution is -1.92. The van der Waals surface area contributed by atoms with Crippen molar-refractivity contribution >= 4 is 11.3 Å². The Morgan fingerprint density at radius 3 is 1.84 bits per heavy atom. The first-order chi connectivity index (χ1) is 9.26. The number of nitrogens with zero attached hydrogens (tertiary/aromatic N) is 1. The molecule has 104 valence electrons. The van der Waals surface area contributed by atoms with Gasteiger partial charge >= 0.3 is 0 Å². The molecule has 0 aliphatic heterocycles. The number of aryl methyl sites for hydroxylation is 4. The fourth-order valence-electron chi connectivity index (χ4n) is 2.08. The van der Waals surface area contributed by atoms with Crippen molar-refractivity contribution in [3.63, 3.8) is 0 Å². The second-order valence-electron chi connectivity index (χ2n) is 4.45. The highest BCUT2D eigenvalue weighted by molar-refractivity contribution is 7.08. The Morgan fingerprint density at radius 1 is 0.842 bits per heavy atom. The van der Waals surface area contributed by atoms with E-state index in [0.717, 1.165) is 12.8 Å². The Kier molecular flexibility index (Phi) is 7.42. The van der Waals surface area contributed by atoms with E-state index in [2.05, 4.69) is 49.5 Å². The lowest BCUT2D eigenvalue weighted by molar-refractivity contribution is 0.964. The molecule has 0 saturated heterocycles. The molecule has 0 bridgehead atoms. The topological polar surface area (TPSA) is 12.9 Å². The van der Waals surface area contributed by atoms with Crippen molar-refractivity contribution < 1.29 is 0 Å². The summed E-state index contributed by atoms with van der Waals surface area (Å²) in [4.78, 5) is 4.27. The monoisotopic (exact) mass is 275 g/mol. The summed E-state index contributed by atoms with van der Waals surface area (Å²) in [5.41, 5.74) is 5.68. The molecule has 1 nitrogen and oxygen atoms in total. The van der Waals surface area contributed by atoms with Crippen LogP contribution in [0.1, 0.15) is 50.1 Å². The van der Waals surface area contributed by atoms with Crippen molar-refractivity contribution in [1.29, 1.82) is 0 Å². The van der Waals surface area contributed by atoms with Crippen LogP contribution in [0.5, 0.6) is 0 Å². The largest absolute Gasteiger partial charge is 0.261 e. The highest BCUT2D eigenvalue weighted by Gasteiger charge is 1.97. The van der Waals surface area contributed by atoms with Gasteiger partial charge in [0.1, 0.15) is 0 Å². The van der Waals surface area contributed by atoms with Gasteiger partial charge < -0.3 is 0 Å². The van der Waals surface area contributed by atoms with Crippen molar-refractivity contribution in [3.05, 3.63) is 51.5 Å². The first kappa shape index (κ1) is 15.9. The van der Waals surface area contributed by atoms with Gasteiger partial charge in [0.15, 0.2) is 0 Å². The fourth-order valence-corrected chi connectivity index (χ4v) is 3.11. The molecule has 2 heteroatoms. The minimum absolute atomic E-state index is 1.05. The van der Waals surface area contributed by atoms with Gasteiger partial charge in [-0.3, -0.25) is 4.98 Å². The molecule has 2 rings (SSSR count). The molecule has 0 radical (unpaired) electrons. The van der Waals surface area contributed by atoms with Crippen LogP contribution in [-0.2, 0) is 25.7 Å². The molecule has 19 heavy (non-hydrogen) atoms. The maximum Gasteiger partial charge on any atom is 0.0432 e. The van der Waals surface area contributed by atoms with E-state index in [1.165, 1.54) is 35.2 Å². The summed E-state index contributed by atoms with van der Waals surface area (Å²) >= 11 is 1.82. The Labute approximate surface area is 121 Å². The standard InChI is InChI=1S/C9H13N.C8H12S/c1-3-8-6-5-7-10-9(8)4-2;1-3-7-5-9-6-8(7)4-2/h5-7H,3-4H2,1-2H3;5-6H,3-4H2,1-2H3. The third-order valence-electron chi connectivity index (χ3n) is 3.30. The molecular formula is C17H25NS. The summed E-state index contributed by atoms with van der Waals surface area (Å²) in [6, 6.07) is 4.14. The fraction of sp³-hybridized carbons (Fsp3) is 0.471. The molecule has 0 saturated carbocycles. The van der Waals surface area contributed by atoms with E-state index in [1.807, 2.05) is 23.6 Å². The average molecular weight is 275 g/mol.